The molecule has 100 valence electrons. The number of carboxylic acids is 1. The van der Waals surface area contributed by atoms with E-state index in [9.17, 15) is 9.90 Å². The number of benzene rings is 1. The summed E-state index contributed by atoms with van der Waals surface area (Å²) in [6.45, 7) is 1.88. The Hall–Kier alpha value is -1.24. The van der Waals surface area contributed by atoms with E-state index in [0.717, 1.165) is 15.8 Å². The Bertz CT molecular complexity index is 668. The first-order valence-electron chi connectivity index (χ1n) is 5.39. The first-order chi connectivity index (χ1) is 8.88. The molecule has 2 aromatic rings. The van der Waals surface area contributed by atoms with Crippen LogP contribution < -0.4 is 0 Å². The summed E-state index contributed by atoms with van der Waals surface area (Å²) in [5, 5.41) is 19.1. The van der Waals surface area contributed by atoms with Gasteiger partial charge in [-0.3, -0.25) is 4.79 Å². The number of fused-ring (bicyclic) bond motifs is 1. The average molecular weight is 316 g/mol. The second kappa shape index (κ2) is 5.40. The number of aryl methyl sites for hydroxylation is 1. The monoisotopic (exact) mass is 315 g/mol. The molecule has 0 bridgehead atoms. The van der Waals surface area contributed by atoms with Crippen LogP contribution in [0.25, 0.3) is 10.2 Å². The van der Waals surface area contributed by atoms with Gasteiger partial charge in [-0.15, -0.1) is 11.3 Å². The zero-order valence-corrected chi connectivity index (χ0v) is 12.3. The van der Waals surface area contributed by atoms with Crippen molar-refractivity contribution in [2.45, 2.75) is 19.3 Å². The third-order valence-corrected chi connectivity index (χ3v) is 4.26. The Kier molecular flexibility index (Phi) is 4.03. The Balaban J connectivity index is 2.52. The van der Waals surface area contributed by atoms with Gasteiger partial charge in [0.05, 0.1) is 22.6 Å². The van der Waals surface area contributed by atoms with Gasteiger partial charge < -0.3 is 10.2 Å². The van der Waals surface area contributed by atoms with Gasteiger partial charge in [0.1, 0.15) is 5.01 Å². The van der Waals surface area contributed by atoms with E-state index in [4.69, 9.17) is 28.9 Å². The second-order valence-electron chi connectivity index (χ2n) is 4.11. The standard InChI is InChI=1S/C12H10ClNO3S2/c1-5-2-6(13)3-8-10(5)14-11(19-8)7(12(17)18)4-9(15)16/h2-3,7H,4H2,1H3,(H,15,16)(H,17,18). The number of aliphatic hydroxyl groups is 1. The van der Waals surface area contributed by atoms with Gasteiger partial charge in [0, 0.05) is 5.02 Å². The molecule has 1 unspecified atom stereocenters. The summed E-state index contributed by atoms with van der Waals surface area (Å²) in [7, 11) is 0. The topological polar surface area (TPSA) is 70.4 Å². The molecule has 0 saturated carbocycles. The third-order valence-electron chi connectivity index (χ3n) is 2.64. The fourth-order valence-electron chi connectivity index (χ4n) is 1.78. The molecule has 2 rings (SSSR count). The van der Waals surface area contributed by atoms with Crippen molar-refractivity contribution in [1.82, 2.24) is 4.98 Å². The predicted octanol–water partition coefficient (Wildman–Crippen LogP) is 3.70. The molecule has 0 aliphatic rings. The maximum atomic E-state index is 10.8. The molecule has 0 radical (unpaired) electrons. The van der Waals surface area contributed by atoms with Crippen molar-refractivity contribution in [1.29, 1.82) is 0 Å². The van der Waals surface area contributed by atoms with Crippen molar-refractivity contribution in [3.05, 3.63) is 27.7 Å². The summed E-state index contributed by atoms with van der Waals surface area (Å²) in [5.74, 6) is -1.79. The highest BCUT2D eigenvalue weighted by Gasteiger charge is 2.24. The highest BCUT2D eigenvalue weighted by Crippen LogP contribution is 2.33. The van der Waals surface area contributed by atoms with Crippen LogP contribution in [0, 0.1) is 6.92 Å². The van der Waals surface area contributed by atoms with E-state index in [0.29, 0.717) is 10.0 Å². The minimum Gasteiger partial charge on any atom is -0.501 e. The molecule has 0 spiro atoms. The number of aliphatic carboxylic acids is 1. The molecule has 1 aromatic heterocycles. The molecule has 0 fully saturated rings. The molecule has 1 heterocycles. The minimum absolute atomic E-state index is 0.276. The molecule has 0 aliphatic carbocycles. The third kappa shape index (κ3) is 3.02. The lowest BCUT2D eigenvalue weighted by Gasteiger charge is -2.07. The van der Waals surface area contributed by atoms with Crippen LogP contribution in [0.15, 0.2) is 12.1 Å². The van der Waals surface area contributed by atoms with Crippen LogP contribution in [0.3, 0.4) is 0 Å². The first kappa shape index (κ1) is 14.2. The van der Waals surface area contributed by atoms with Crippen molar-refractivity contribution < 1.29 is 15.0 Å². The van der Waals surface area contributed by atoms with E-state index >= 15 is 0 Å². The molecule has 7 heteroatoms. The van der Waals surface area contributed by atoms with Crippen molar-refractivity contribution in [2.24, 2.45) is 0 Å². The van der Waals surface area contributed by atoms with E-state index in [1.165, 1.54) is 11.3 Å². The summed E-state index contributed by atoms with van der Waals surface area (Å²) in [5.41, 5.74) is 1.67. The number of halogens is 1. The largest absolute Gasteiger partial charge is 0.501 e. The van der Waals surface area contributed by atoms with Gasteiger partial charge >= 0.3 is 5.97 Å². The molecule has 0 saturated heterocycles. The smallest absolute Gasteiger partial charge is 0.304 e. The highest BCUT2D eigenvalue weighted by atomic mass is 35.5. The van der Waals surface area contributed by atoms with Crippen molar-refractivity contribution in [3.8, 4) is 0 Å². The maximum absolute atomic E-state index is 10.8. The van der Waals surface area contributed by atoms with Gasteiger partial charge in [0.25, 0.3) is 0 Å². The lowest BCUT2D eigenvalue weighted by atomic mass is 10.1. The van der Waals surface area contributed by atoms with Crippen LogP contribution in [-0.4, -0.2) is 26.2 Å². The van der Waals surface area contributed by atoms with E-state index < -0.39 is 11.9 Å². The lowest BCUT2D eigenvalue weighted by Crippen LogP contribution is -2.14. The quantitative estimate of drug-likeness (QED) is 0.842. The van der Waals surface area contributed by atoms with E-state index in [1.807, 2.05) is 6.92 Å². The van der Waals surface area contributed by atoms with Gasteiger partial charge in [0.2, 0.25) is 0 Å². The van der Waals surface area contributed by atoms with E-state index in [1.54, 1.807) is 12.1 Å². The molecule has 4 nitrogen and oxygen atoms in total. The summed E-state index contributed by atoms with van der Waals surface area (Å²) in [6.07, 6.45) is -0.276. The Labute approximate surface area is 123 Å². The van der Waals surface area contributed by atoms with Crippen molar-refractivity contribution in [2.75, 3.05) is 0 Å². The normalized spacial score (nSPS) is 12.5. The number of rotatable bonds is 4. The number of hydrogen-bond donors (Lipinski definition) is 2. The number of carbonyl (C=O) groups is 1. The van der Waals surface area contributed by atoms with Crippen LogP contribution in [0.1, 0.15) is 22.9 Å². The van der Waals surface area contributed by atoms with Gasteiger partial charge in [-0.2, -0.15) is 0 Å². The zero-order valence-electron chi connectivity index (χ0n) is 9.88. The second-order valence-corrected chi connectivity index (χ2v) is 6.03. The van der Waals surface area contributed by atoms with Crippen LogP contribution >= 0.6 is 35.2 Å². The van der Waals surface area contributed by atoms with E-state index in [2.05, 4.69) is 4.98 Å². The van der Waals surface area contributed by atoms with Crippen molar-refractivity contribution >= 4 is 56.4 Å². The molecule has 2 N–H and O–H groups in total. The Morgan fingerprint density at radius 1 is 1.53 bits per heavy atom. The number of thiazole rings is 1. The summed E-state index contributed by atoms with van der Waals surface area (Å²) >= 11 is 12.0. The number of thiocarbonyl (C=S) groups is 1. The van der Waals surface area contributed by atoms with Gasteiger partial charge in [-0.25, -0.2) is 4.98 Å². The summed E-state index contributed by atoms with van der Waals surface area (Å²) in [4.78, 5) is 15.2. The fraction of sp³-hybridized carbons (Fsp3) is 0.250. The molecule has 0 aliphatic heterocycles. The van der Waals surface area contributed by atoms with Crippen LogP contribution in [0.5, 0.6) is 0 Å². The maximum Gasteiger partial charge on any atom is 0.304 e. The number of hydrogen-bond acceptors (Lipinski definition) is 4. The first-order valence-corrected chi connectivity index (χ1v) is 7.00. The van der Waals surface area contributed by atoms with Crippen LogP contribution in [-0.2, 0) is 4.79 Å². The lowest BCUT2D eigenvalue weighted by molar-refractivity contribution is -0.137. The van der Waals surface area contributed by atoms with Gasteiger partial charge in [-0.05, 0) is 36.8 Å². The number of aromatic nitrogens is 1. The molecular formula is C12H10ClNO3S2. The van der Waals surface area contributed by atoms with Crippen LogP contribution in [0.2, 0.25) is 5.02 Å². The Morgan fingerprint density at radius 3 is 2.79 bits per heavy atom. The Morgan fingerprint density at radius 2 is 2.21 bits per heavy atom. The molecule has 0 amide bonds. The fourth-order valence-corrected chi connectivity index (χ4v) is 3.57. The van der Waals surface area contributed by atoms with Crippen LogP contribution in [0.4, 0.5) is 0 Å². The molecular weight excluding hydrogens is 306 g/mol. The molecule has 19 heavy (non-hydrogen) atoms. The van der Waals surface area contributed by atoms with Gasteiger partial charge in [-0.1, -0.05) is 11.6 Å². The molecule has 1 aromatic carbocycles. The average Bonchev–Trinajstić information content (AvgIpc) is 2.68. The minimum atomic E-state index is -1.03. The summed E-state index contributed by atoms with van der Waals surface area (Å²) < 4.78 is 0.853. The van der Waals surface area contributed by atoms with E-state index in [-0.39, 0.29) is 11.5 Å². The predicted molar refractivity (Wildman–Crippen MR) is 79.6 cm³/mol. The number of carboxylic acid groups (broad SMARTS) is 1. The SMILES string of the molecule is Cc1cc(Cl)cc2sc(C(CC(=O)O)C(O)=S)nc12. The highest BCUT2D eigenvalue weighted by molar-refractivity contribution is 7.80. The zero-order chi connectivity index (χ0) is 14.2. The van der Waals surface area contributed by atoms with Crippen molar-refractivity contribution in [3.63, 3.8) is 0 Å². The number of aliphatic hydroxyl groups excluding tert-OH is 1. The molecule has 1 atom stereocenters. The van der Waals surface area contributed by atoms with Gasteiger partial charge in [0.15, 0.2) is 5.05 Å². The number of nitrogens with zero attached hydrogens (tertiary/aromatic N) is 1. The summed E-state index contributed by atoms with van der Waals surface area (Å²) in [6, 6.07) is 3.56.